The smallest absolute Gasteiger partial charge is 0.0766 e. The largest absolute Gasteiger partial charge is 0.308 e. The van der Waals surface area contributed by atoms with E-state index in [2.05, 4.69) is 60.8 Å². The molecule has 0 spiro atoms. The maximum absolute atomic E-state index is 4.68. The summed E-state index contributed by atoms with van der Waals surface area (Å²) in [5, 5.41) is 8.18. The average molecular weight is 255 g/mol. The monoisotopic (exact) mass is 255 g/mol. The first-order valence-corrected chi connectivity index (χ1v) is 7.11. The van der Waals surface area contributed by atoms with E-state index in [-0.39, 0.29) is 0 Å². The topological polar surface area (TPSA) is 29.9 Å². The van der Waals surface area contributed by atoms with Gasteiger partial charge in [0.15, 0.2) is 0 Å². The Morgan fingerprint density at radius 1 is 1.26 bits per heavy atom. The highest BCUT2D eigenvalue weighted by Crippen LogP contribution is 2.22. The van der Waals surface area contributed by atoms with Crippen molar-refractivity contribution in [2.45, 2.75) is 45.2 Å². The molecule has 3 rings (SSSR count). The number of para-hydroxylation sites is 1. The minimum atomic E-state index is 0.508. The fourth-order valence-electron chi connectivity index (χ4n) is 2.31. The second kappa shape index (κ2) is 5.17. The molecule has 1 aliphatic rings. The van der Waals surface area contributed by atoms with Gasteiger partial charge in [0.2, 0.25) is 0 Å². The van der Waals surface area contributed by atoms with Crippen molar-refractivity contribution < 1.29 is 0 Å². The van der Waals surface area contributed by atoms with Crippen molar-refractivity contribution in [3.63, 3.8) is 0 Å². The van der Waals surface area contributed by atoms with Crippen LogP contribution in [0.2, 0.25) is 0 Å². The highest BCUT2D eigenvalue weighted by Gasteiger charge is 2.20. The molecule has 0 atom stereocenters. The summed E-state index contributed by atoms with van der Waals surface area (Å²) in [4.78, 5) is 0. The average Bonchev–Trinajstić information content (AvgIpc) is 3.13. The van der Waals surface area contributed by atoms with Gasteiger partial charge in [-0.1, -0.05) is 32.0 Å². The minimum Gasteiger partial charge on any atom is -0.308 e. The van der Waals surface area contributed by atoms with Crippen LogP contribution in [-0.2, 0) is 6.54 Å². The molecule has 19 heavy (non-hydrogen) atoms. The van der Waals surface area contributed by atoms with Gasteiger partial charge in [0.1, 0.15) is 0 Å². The van der Waals surface area contributed by atoms with E-state index in [9.17, 15) is 0 Å². The summed E-state index contributed by atoms with van der Waals surface area (Å²) < 4.78 is 2.00. The first-order chi connectivity index (χ1) is 9.24. The molecule has 100 valence electrons. The van der Waals surface area contributed by atoms with Crippen LogP contribution in [0, 0.1) is 0 Å². The summed E-state index contributed by atoms with van der Waals surface area (Å²) in [6.45, 7) is 5.32. The van der Waals surface area contributed by atoms with E-state index >= 15 is 0 Å². The van der Waals surface area contributed by atoms with Crippen LogP contribution in [0.15, 0.2) is 36.5 Å². The number of hydrogen-bond donors (Lipinski definition) is 1. The van der Waals surface area contributed by atoms with Gasteiger partial charge < -0.3 is 5.32 Å². The number of rotatable bonds is 5. The Balaban J connectivity index is 1.81. The number of nitrogens with one attached hydrogen (secondary N) is 1. The molecule has 0 saturated heterocycles. The molecule has 0 unspecified atom stereocenters. The third-order valence-corrected chi connectivity index (χ3v) is 3.60. The highest BCUT2D eigenvalue weighted by molar-refractivity contribution is 5.42. The molecule has 2 aromatic rings. The predicted octanol–water partition coefficient (Wildman–Crippen LogP) is 3.25. The van der Waals surface area contributed by atoms with Gasteiger partial charge in [0.05, 0.1) is 11.4 Å². The summed E-state index contributed by atoms with van der Waals surface area (Å²) in [5.41, 5.74) is 3.65. The third kappa shape index (κ3) is 2.87. The summed E-state index contributed by atoms with van der Waals surface area (Å²) in [5.74, 6) is 0.508. The second-order valence-corrected chi connectivity index (χ2v) is 5.62. The van der Waals surface area contributed by atoms with Crippen LogP contribution < -0.4 is 5.32 Å². The lowest BCUT2D eigenvalue weighted by Gasteiger charge is -2.12. The van der Waals surface area contributed by atoms with E-state index in [1.165, 1.54) is 24.1 Å². The van der Waals surface area contributed by atoms with Gasteiger partial charge in [-0.15, -0.1) is 0 Å². The van der Waals surface area contributed by atoms with Gasteiger partial charge in [-0.3, -0.25) is 0 Å². The molecular weight excluding hydrogens is 234 g/mol. The molecule has 3 heteroatoms. The van der Waals surface area contributed by atoms with E-state index in [1.54, 1.807) is 0 Å². The molecule has 3 nitrogen and oxygen atoms in total. The maximum atomic E-state index is 4.68. The number of benzene rings is 1. The molecule has 0 aliphatic heterocycles. The van der Waals surface area contributed by atoms with Crippen molar-refractivity contribution >= 4 is 0 Å². The summed E-state index contributed by atoms with van der Waals surface area (Å²) >= 11 is 0. The molecular formula is C16H21N3. The van der Waals surface area contributed by atoms with E-state index in [4.69, 9.17) is 0 Å². The molecule has 1 heterocycles. The Labute approximate surface area is 114 Å². The SMILES string of the molecule is CC(C)c1ccccc1-n1ccc(CNC2CC2)n1. The third-order valence-electron chi connectivity index (χ3n) is 3.60. The standard InChI is InChI=1S/C16H21N3/c1-12(2)15-5-3-4-6-16(15)19-10-9-14(18-19)11-17-13-7-8-13/h3-6,9-10,12-13,17H,7-8,11H2,1-2H3. The normalized spacial score (nSPS) is 15.1. The highest BCUT2D eigenvalue weighted by atomic mass is 15.3. The Kier molecular flexibility index (Phi) is 3.38. The predicted molar refractivity (Wildman–Crippen MR) is 77.5 cm³/mol. The number of aromatic nitrogens is 2. The van der Waals surface area contributed by atoms with Crippen LogP contribution in [0.5, 0.6) is 0 Å². The van der Waals surface area contributed by atoms with Crippen molar-refractivity contribution in [2.24, 2.45) is 0 Å². The van der Waals surface area contributed by atoms with Gasteiger partial charge >= 0.3 is 0 Å². The molecule has 1 fully saturated rings. The lowest BCUT2D eigenvalue weighted by molar-refractivity contribution is 0.663. The number of nitrogens with zero attached hydrogens (tertiary/aromatic N) is 2. The van der Waals surface area contributed by atoms with Crippen LogP contribution in [0.25, 0.3) is 5.69 Å². The summed E-state index contributed by atoms with van der Waals surface area (Å²) in [7, 11) is 0. The minimum absolute atomic E-state index is 0.508. The molecule has 1 N–H and O–H groups in total. The first kappa shape index (κ1) is 12.4. The summed E-state index contributed by atoms with van der Waals surface area (Å²) in [6, 6.07) is 11.3. The fraction of sp³-hybridized carbons (Fsp3) is 0.438. The molecule has 1 saturated carbocycles. The van der Waals surface area contributed by atoms with Crippen molar-refractivity contribution in [2.75, 3.05) is 0 Å². The van der Waals surface area contributed by atoms with Gasteiger partial charge in [-0.25, -0.2) is 4.68 Å². The van der Waals surface area contributed by atoms with Gasteiger partial charge in [0.25, 0.3) is 0 Å². The first-order valence-electron chi connectivity index (χ1n) is 7.11. The fourth-order valence-corrected chi connectivity index (χ4v) is 2.31. The Bertz CT molecular complexity index is 553. The Hall–Kier alpha value is -1.61. The Morgan fingerprint density at radius 3 is 2.79 bits per heavy atom. The quantitative estimate of drug-likeness (QED) is 0.889. The molecule has 1 aliphatic carbocycles. The van der Waals surface area contributed by atoms with Crippen molar-refractivity contribution in [3.05, 3.63) is 47.8 Å². The second-order valence-electron chi connectivity index (χ2n) is 5.62. The van der Waals surface area contributed by atoms with Crippen LogP contribution in [0.3, 0.4) is 0 Å². The summed E-state index contributed by atoms with van der Waals surface area (Å²) in [6.07, 6.45) is 4.69. The Morgan fingerprint density at radius 2 is 2.05 bits per heavy atom. The molecule has 1 aromatic heterocycles. The van der Waals surface area contributed by atoms with Gasteiger partial charge in [-0.05, 0) is 36.5 Å². The maximum Gasteiger partial charge on any atom is 0.0766 e. The number of hydrogen-bond acceptors (Lipinski definition) is 2. The van der Waals surface area contributed by atoms with E-state index in [0.717, 1.165) is 18.3 Å². The van der Waals surface area contributed by atoms with Crippen LogP contribution in [0.4, 0.5) is 0 Å². The van der Waals surface area contributed by atoms with Crippen molar-refractivity contribution in [1.29, 1.82) is 0 Å². The molecule has 0 radical (unpaired) electrons. The zero-order valence-electron chi connectivity index (χ0n) is 11.6. The molecule has 0 amide bonds. The van der Waals surface area contributed by atoms with Crippen LogP contribution in [-0.4, -0.2) is 15.8 Å². The van der Waals surface area contributed by atoms with Gasteiger partial charge in [-0.2, -0.15) is 5.10 Å². The van der Waals surface area contributed by atoms with Crippen LogP contribution >= 0.6 is 0 Å². The van der Waals surface area contributed by atoms with E-state index in [0.29, 0.717) is 5.92 Å². The van der Waals surface area contributed by atoms with Crippen LogP contribution in [0.1, 0.15) is 43.9 Å². The zero-order valence-corrected chi connectivity index (χ0v) is 11.6. The van der Waals surface area contributed by atoms with Crippen molar-refractivity contribution in [1.82, 2.24) is 15.1 Å². The van der Waals surface area contributed by atoms with E-state index in [1.807, 2.05) is 4.68 Å². The zero-order chi connectivity index (χ0) is 13.2. The molecule has 0 bridgehead atoms. The lowest BCUT2D eigenvalue weighted by atomic mass is 10.0. The molecule has 1 aromatic carbocycles. The van der Waals surface area contributed by atoms with Gasteiger partial charge in [0, 0.05) is 18.8 Å². The lowest BCUT2D eigenvalue weighted by Crippen LogP contribution is -2.15. The van der Waals surface area contributed by atoms with E-state index < -0.39 is 0 Å². The van der Waals surface area contributed by atoms with Crippen molar-refractivity contribution in [3.8, 4) is 5.69 Å².